The van der Waals surface area contributed by atoms with Gasteiger partial charge in [-0.3, -0.25) is 4.79 Å². The molecule has 148 valence electrons. The maximum Gasteiger partial charge on any atom is 0.261 e. The number of carbonyl (C=O) groups excluding carboxylic acids is 1. The molecular formula is C18H21F2N7O. The van der Waals surface area contributed by atoms with Crippen molar-refractivity contribution in [1.29, 1.82) is 0 Å². The molecule has 1 unspecified atom stereocenters. The molecule has 0 saturated heterocycles. The van der Waals surface area contributed by atoms with Gasteiger partial charge in [0.05, 0.1) is 6.04 Å². The van der Waals surface area contributed by atoms with Crippen LogP contribution in [0.3, 0.4) is 0 Å². The first kappa shape index (κ1) is 19.5. The molecule has 0 fully saturated rings. The number of halogens is 2. The average Bonchev–Trinajstić information content (AvgIpc) is 3.01. The van der Waals surface area contributed by atoms with Gasteiger partial charge in [-0.1, -0.05) is 6.07 Å². The molecule has 1 aromatic carbocycles. The zero-order chi connectivity index (χ0) is 20.5. The number of nitrogens with one attached hydrogen (secondary N) is 2. The molecule has 2 heterocycles. The fraction of sp³-hybridized carbons (Fsp3) is 0.278. The summed E-state index contributed by atoms with van der Waals surface area (Å²) < 4.78 is 28.4. The number of primary amides is 1. The van der Waals surface area contributed by atoms with E-state index >= 15 is 0 Å². The van der Waals surface area contributed by atoms with E-state index < -0.39 is 17.9 Å². The van der Waals surface area contributed by atoms with E-state index in [2.05, 4.69) is 20.6 Å². The van der Waals surface area contributed by atoms with E-state index in [-0.39, 0.29) is 23.9 Å². The van der Waals surface area contributed by atoms with Gasteiger partial charge in [0.15, 0.2) is 0 Å². The number of amides is 1. The zero-order valence-electron chi connectivity index (χ0n) is 15.4. The third-order valence-electron chi connectivity index (χ3n) is 4.37. The van der Waals surface area contributed by atoms with Crippen LogP contribution in [0.5, 0.6) is 0 Å². The van der Waals surface area contributed by atoms with Crippen molar-refractivity contribution in [3.05, 3.63) is 42.2 Å². The summed E-state index contributed by atoms with van der Waals surface area (Å²) in [6.45, 7) is 0.497. The smallest absolute Gasteiger partial charge is 0.261 e. The van der Waals surface area contributed by atoms with Crippen LogP contribution in [0.4, 0.5) is 26.2 Å². The van der Waals surface area contributed by atoms with Crippen molar-refractivity contribution >= 4 is 34.3 Å². The summed E-state index contributed by atoms with van der Waals surface area (Å²) in [5.41, 5.74) is 12.6. The number of hydrogen-bond acceptors (Lipinski definition) is 6. The molecule has 0 saturated carbocycles. The highest BCUT2D eigenvalue weighted by atomic mass is 19.3. The van der Waals surface area contributed by atoms with Crippen molar-refractivity contribution in [2.75, 3.05) is 17.2 Å². The fourth-order valence-electron chi connectivity index (χ4n) is 2.66. The number of alkyl halides is 2. The Morgan fingerprint density at radius 2 is 2.11 bits per heavy atom. The Morgan fingerprint density at radius 3 is 2.79 bits per heavy atom. The van der Waals surface area contributed by atoms with Gasteiger partial charge < -0.3 is 26.7 Å². The van der Waals surface area contributed by atoms with Crippen LogP contribution in [-0.4, -0.2) is 39.0 Å². The third kappa shape index (κ3) is 4.01. The van der Waals surface area contributed by atoms with E-state index in [4.69, 9.17) is 11.5 Å². The Balaban J connectivity index is 1.91. The van der Waals surface area contributed by atoms with Crippen molar-refractivity contribution in [3.8, 4) is 0 Å². The molecule has 2 aromatic heterocycles. The number of anilines is 3. The molecule has 0 radical (unpaired) electrons. The lowest BCUT2D eigenvalue weighted by molar-refractivity contribution is -0.00122. The van der Waals surface area contributed by atoms with E-state index in [0.29, 0.717) is 5.69 Å². The number of benzene rings is 1. The van der Waals surface area contributed by atoms with Crippen molar-refractivity contribution in [2.24, 2.45) is 18.5 Å². The number of nitrogens with two attached hydrogens (primary N) is 2. The SMILES string of the molecule is Cn1ccc2c(Nc3nc(NCC(N)C(C)(F)F)ncc3C(N)=O)cccc21. The number of nitrogens with zero attached hydrogens (tertiary/aromatic N) is 3. The first-order valence-corrected chi connectivity index (χ1v) is 8.52. The molecule has 8 nitrogen and oxygen atoms in total. The van der Waals surface area contributed by atoms with Crippen LogP contribution < -0.4 is 22.1 Å². The molecule has 10 heteroatoms. The predicted octanol–water partition coefficient (Wildman–Crippen LogP) is 2.21. The summed E-state index contributed by atoms with van der Waals surface area (Å²) in [5.74, 6) is -3.55. The van der Waals surface area contributed by atoms with Crippen molar-refractivity contribution in [2.45, 2.75) is 18.9 Å². The molecule has 0 bridgehead atoms. The van der Waals surface area contributed by atoms with Gasteiger partial charge in [-0.25, -0.2) is 13.8 Å². The van der Waals surface area contributed by atoms with Gasteiger partial charge in [-0.05, 0) is 18.2 Å². The molecule has 28 heavy (non-hydrogen) atoms. The van der Waals surface area contributed by atoms with Gasteiger partial charge in [-0.2, -0.15) is 4.98 Å². The fourth-order valence-corrected chi connectivity index (χ4v) is 2.66. The average molecular weight is 389 g/mol. The molecule has 0 aliphatic heterocycles. The third-order valence-corrected chi connectivity index (χ3v) is 4.37. The highest BCUT2D eigenvalue weighted by Crippen LogP contribution is 2.28. The Hall–Kier alpha value is -3.27. The van der Waals surface area contributed by atoms with Gasteiger partial charge in [0.2, 0.25) is 5.95 Å². The normalized spacial score (nSPS) is 12.8. The molecule has 0 spiro atoms. The van der Waals surface area contributed by atoms with Gasteiger partial charge in [-0.15, -0.1) is 0 Å². The monoisotopic (exact) mass is 389 g/mol. The maximum atomic E-state index is 13.2. The topological polar surface area (TPSA) is 124 Å². The lowest BCUT2D eigenvalue weighted by Crippen LogP contribution is -2.43. The van der Waals surface area contributed by atoms with Crippen LogP contribution in [0, 0.1) is 0 Å². The molecule has 3 rings (SSSR count). The molecule has 3 aromatic rings. The minimum atomic E-state index is -3.05. The van der Waals surface area contributed by atoms with Gasteiger partial charge in [0.1, 0.15) is 11.4 Å². The Bertz CT molecular complexity index is 1010. The number of hydrogen-bond donors (Lipinski definition) is 4. The molecule has 1 atom stereocenters. The summed E-state index contributed by atoms with van der Waals surface area (Å²) in [6, 6.07) is 6.15. The van der Waals surface area contributed by atoms with Crippen LogP contribution in [0.1, 0.15) is 17.3 Å². The van der Waals surface area contributed by atoms with E-state index in [1.54, 1.807) is 0 Å². The second-order valence-corrected chi connectivity index (χ2v) is 6.55. The Morgan fingerprint density at radius 1 is 1.36 bits per heavy atom. The van der Waals surface area contributed by atoms with Gasteiger partial charge >= 0.3 is 0 Å². The number of aryl methyl sites for hydroxylation is 1. The van der Waals surface area contributed by atoms with Crippen molar-refractivity contribution < 1.29 is 13.6 Å². The molecule has 1 amide bonds. The number of fused-ring (bicyclic) bond motifs is 1. The first-order chi connectivity index (χ1) is 13.2. The molecular weight excluding hydrogens is 368 g/mol. The largest absolute Gasteiger partial charge is 0.365 e. The summed E-state index contributed by atoms with van der Waals surface area (Å²) >= 11 is 0. The summed E-state index contributed by atoms with van der Waals surface area (Å²) in [6.07, 6.45) is 3.14. The van der Waals surface area contributed by atoms with Gasteiger partial charge in [0.25, 0.3) is 11.8 Å². The minimum absolute atomic E-state index is 0.0486. The number of aromatic nitrogens is 3. The highest BCUT2D eigenvalue weighted by molar-refractivity contribution is 6.00. The van der Waals surface area contributed by atoms with Gasteiger partial charge in [0, 0.05) is 49.5 Å². The van der Waals surface area contributed by atoms with Crippen LogP contribution in [-0.2, 0) is 7.05 Å². The number of carbonyl (C=O) groups is 1. The summed E-state index contributed by atoms with van der Waals surface area (Å²) in [4.78, 5) is 19.9. The first-order valence-electron chi connectivity index (χ1n) is 8.52. The van der Waals surface area contributed by atoms with Crippen LogP contribution in [0.2, 0.25) is 0 Å². The second kappa shape index (κ2) is 7.39. The Labute approximate surface area is 159 Å². The van der Waals surface area contributed by atoms with E-state index in [0.717, 1.165) is 17.8 Å². The van der Waals surface area contributed by atoms with Crippen LogP contribution in [0.15, 0.2) is 36.7 Å². The van der Waals surface area contributed by atoms with Crippen molar-refractivity contribution in [3.63, 3.8) is 0 Å². The number of rotatable bonds is 7. The van der Waals surface area contributed by atoms with E-state index in [1.165, 1.54) is 6.20 Å². The minimum Gasteiger partial charge on any atom is -0.365 e. The quantitative estimate of drug-likeness (QED) is 0.491. The lowest BCUT2D eigenvalue weighted by Gasteiger charge is -2.19. The highest BCUT2D eigenvalue weighted by Gasteiger charge is 2.30. The lowest BCUT2D eigenvalue weighted by atomic mass is 10.2. The van der Waals surface area contributed by atoms with Crippen molar-refractivity contribution in [1.82, 2.24) is 14.5 Å². The second-order valence-electron chi connectivity index (χ2n) is 6.55. The molecule has 0 aliphatic rings. The standard InChI is InChI=1S/C18H21F2N7O/c1-18(19,20)14(21)9-24-17-23-8-11(15(22)28)16(26-17)25-12-4-3-5-13-10(12)6-7-27(13)2/h3-8,14H,9,21H2,1-2H3,(H2,22,28)(H2,23,24,25,26). The maximum absolute atomic E-state index is 13.2. The predicted molar refractivity (Wildman–Crippen MR) is 104 cm³/mol. The summed E-state index contributed by atoms with van der Waals surface area (Å²) in [5, 5.41) is 6.66. The van der Waals surface area contributed by atoms with Crippen LogP contribution >= 0.6 is 0 Å². The van der Waals surface area contributed by atoms with E-state index in [9.17, 15) is 13.6 Å². The summed E-state index contributed by atoms with van der Waals surface area (Å²) in [7, 11) is 1.92. The zero-order valence-corrected chi connectivity index (χ0v) is 15.4. The van der Waals surface area contributed by atoms with E-state index in [1.807, 2.05) is 42.1 Å². The Kier molecular flexibility index (Phi) is 5.14. The molecule has 6 N–H and O–H groups in total. The molecule has 0 aliphatic carbocycles. The van der Waals surface area contributed by atoms with Crippen LogP contribution in [0.25, 0.3) is 10.9 Å².